The highest BCUT2D eigenvalue weighted by molar-refractivity contribution is 5.71. The van der Waals surface area contributed by atoms with E-state index in [2.05, 4.69) is 5.29 Å². The number of carboxylic acids is 1. The van der Waals surface area contributed by atoms with Gasteiger partial charge in [0.2, 0.25) is 0 Å². The van der Waals surface area contributed by atoms with Crippen LogP contribution in [-0.2, 0) is 11.2 Å². The quantitative estimate of drug-likeness (QED) is 0.671. The van der Waals surface area contributed by atoms with E-state index in [1.807, 2.05) is 0 Å². The molecule has 0 fully saturated rings. The molecule has 0 aliphatic heterocycles. The third-order valence-corrected chi connectivity index (χ3v) is 2.67. The monoisotopic (exact) mass is 274 g/mol. The highest BCUT2D eigenvalue weighted by atomic mass is 19.1. The summed E-state index contributed by atoms with van der Waals surface area (Å²) in [6, 6.07) is 11.8. The Labute approximate surface area is 114 Å². The number of rotatable bonds is 5. The summed E-state index contributed by atoms with van der Waals surface area (Å²) in [5.74, 6) is -1.41. The van der Waals surface area contributed by atoms with Crippen LogP contribution >= 0.6 is 0 Å². The molecule has 0 bridgehead atoms. The minimum atomic E-state index is -0.937. The summed E-state index contributed by atoms with van der Waals surface area (Å²) in [6.07, 6.45) is -0.102. The van der Waals surface area contributed by atoms with Crippen LogP contribution in [0.15, 0.2) is 53.8 Å². The standard InChI is InChI=1S/C14H11FN2O3/c15-11-2-1-3-13(9-11)17(16-20)12-6-4-10(5-7-12)8-14(18)19/h1-7,9H,8H2,(H,18,19). The Morgan fingerprint density at radius 3 is 2.40 bits per heavy atom. The predicted molar refractivity (Wildman–Crippen MR) is 72.1 cm³/mol. The molecule has 2 aromatic carbocycles. The van der Waals surface area contributed by atoms with Crippen LogP contribution < -0.4 is 5.01 Å². The Hall–Kier alpha value is -2.76. The van der Waals surface area contributed by atoms with E-state index in [0.717, 1.165) is 5.01 Å². The first-order valence-corrected chi connectivity index (χ1v) is 5.80. The van der Waals surface area contributed by atoms with Crippen molar-refractivity contribution in [1.82, 2.24) is 0 Å². The van der Waals surface area contributed by atoms with Gasteiger partial charge in [-0.2, -0.15) is 5.01 Å². The second kappa shape index (κ2) is 5.92. The Balaban J connectivity index is 2.28. The van der Waals surface area contributed by atoms with E-state index in [0.29, 0.717) is 16.9 Å². The number of nitroso groups, excluding NO2 is 1. The van der Waals surface area contributed by atoms with Gasteiger partial charge in [-0.25, -0.2) is 4.39 Å². The number of hydrogen-bond donors (Lipinski definition) is 1. The highest BCUT2D eigenvalue weighted by Crippen LogP contribution is 2.26. The maximum atomic E-state index is 13.2. The minimum Gasteiger partial charge on any atom is -0.481 e. The second-order valence-electron chi connectivity index (χ2n) is 4.11. The van der Waals surface area contributed by atoms with Gasteiger partial charge in [0.1, 0.15) is 5.82 Å². The lowest BCUT2D eigenvalue weighted by Crippen LogP contribution is -2.08. The molecule has 0 aliphatic carbocycles. The summed E-state index contributed by atoms with van der Waals surface area (Å²) < 4.78 is 13.2. The molecular weight excluding hydrogens is 263 g/mol. The molecule has 0 radical (unpaired) electrons. The van der Waals surface area contributed by atoms with Crippen LogP contribution in [0.5, 0.6) is 0 Å². The Kier molecular flexibility index (Phi) is 4.05. The summed E-state index contributed by atoms with van der Waals surface area (Å²) in [5, 5.41) is 12.6. The van der Waals surface area contributed by atoms with Gasteiger partial charge >= 0.3 is 5.97 Å². The predicted octanol–water partition coefficient (Wildman–Crippen LogP) is 3.27. The van der Waals surface area contributed by atoms with Gasteiger partial charge in [-0.15, -0.1) is 4.91 Å². The van der Waals surface area contributed by atoms with E-state index >= 15 is 0 Å². The number of carbonyl (C=O) groups is 1. The van der Waals surface area contributed by atoms with Crippen molar-refractivity contribution < 1.29 is 14.3 Å². The summed E-state index contributed by atoms with van der Waals surface area (Å²) in [6.45, 7) is 0. The van der Waals surface area contributed by atoms with Crippen molar-refractivity contribution in [2.75, 3.05) is 5.01 Å². The van der Waals surface area contributed by atoms with Crippen molar-refractivity contribution in [2.24, 2.45) is 5.29 Å². The molecule has 0 aromatic heterocycles. The molecule has 2 aromatic rings. The maximum absolute atomic E-state index is 13.2. The molecular formula is C14H11FN2O3. The first-order valence-electron chi connectivity index (χ1n) is 5.80. The van der Waals surface area contributed by atoms with Crippen molar-refractivity contribution in [2.45, 2.75) is 6.42 Å². The molecule has 20 heavy (non-hydrogen) atoms. The van der Waals surface area contributed by atoms with Crippen LogP contribution in [0.25, 0.3) is 0 Å². The number of anilines is 2. The first kappa shape index (κ1) is 13.7. The van der Waals surface area contributed by atoms with Gasteiger partial charge in [0.25, 0.3) is 0 Å². The molecule has 2 rings (SSSR count). The van der Waals surface area contributed by atoms with Gasteiger partial charge in [0.15, 0.2) is 0 Å². The van der Waals surface area contributed by atoms with Crippen LogP contribution in [-0.4, -0.2) is 11.1 Å². The molecule has 6 heteroatoms. The SMILES string of the molecule is O=NN(c1ccc(CC(=O)O)cc1)c1cccc(F)c1. The lowest BCUT2D eigenvalue weighted by Gasteiger charge is -2.15. The van der Waals surface area contributed by atoms with Gasteiger partial charge < -0.3 is 5.11 Å². The lowest BCUT2D eigenvalue weighted by molar-refractivity contribution is -0.136. The van der Waals surface area contributed by atoms with E-state index < -0.39 is 11.8 Å². The number of carboxylic acid groups (broad SMARTS) is 1. The van der Waals surface area contributed by atoms with Gasteiger partial charge in [0, 0.05) is 0 Å². The molecule has 0 saturated heterocycles. The molecule has 0 atom stereocenters. The molecule has 0 unspecified atom stereocenters. The van der Waals surface area contributed by atoms with Crippen molar-refractivity contribution in [1.29, 1.82) is 0 Å². The normalized spacial score (nSPS) is 10.1. The number of nitrogens with zero attached hydrogens (tertiary/aromatic N) is 2. The highest BCUT2D eigenvalue weighted by Gasteiger charge is 2.11. The summed E-state index contributed by atoms with van der Waals surface area (Å²) in [4.78, 5) is 21.5. The molecule has 0 aliphatic rings. The van der Waals surface area contributed by atoms with Gasteiger partial charge in [-0.05, 0) is 35.9 Å². The third-order valence-electron chi connectivity index (χ3n) is 2.67. The first-order chi connectivity index (χ1) is 9.60. The van der Waals surface area contributed by atoms with E-state index in [-0.39, 0.29) is 6.42 Å². The topological polar surface area (TPSA) is 70.0 Å². The fraction of sp³-hybridized carbons (Fsp3) is 0.0714. The van der Waals surface area contributed by atoms with Gasteiger partial charge in [0.05, 0.1) is 23.1 Å². The van der Waals surface area contributed by atoms with Gasteiger partial charge in [-0.3, -0.25) is 4.79 Å². The Bertz CT molecular complexity index is 629. The largest absolute Gasteiger partial charge is 0.481 e. The Morgan fingerprint density at radius 1 is 1.15 bits per heavy atom. The zero-order chi connectivity index (χ0) is 14.5. The number of hydrogen-bond acceptors (Lipinski definition) is 3. The summed E-state index contributed by atoms with van der Waals surface area (Å²) in [7, 11) is 0. The Morgan fingerprint density at radius 2 is 1.85 bits per heavy atom. The molecule has 0 spiro atoms. The lowest BCUT2D eigenvalue weighted by atomic mass is 10.1. The average Bonchev–Trinajstić information content (AvgIpc) is 2.41. The fourth-order valence-electron chi connectivity index (χ4n) is 1.78. The molecule has 0 heterocycles. The summed E-state index contributed by atoms with van der Waals surface area (Å²) >= 11 is 0. The van der Waals surface area contributed by atoms with Crippen molar-refractivity contribution >= 4 is 17.3 Å². The van der Waals surface area contributed by atoms with E-state index in [9.17, 15) is 14.1 Å². The molecule has 5 nitrogen and oxygen atoms in total. The number of benzene rings is 2. The van der Waals surface area contributed by atoms with Gasteiger partial charge in [-0.1, -0.05) is 18.2 Å². The number of halogens is 1. The second-order valence-corrected chi connectivity index (χ2v) is 4.11. The van der Waals surface area contributed by atoms with Crippen LogP contribution in [0.4, 0.5) is 15.8 Å². The zero-order valence-corrected chi connectivity index (χ0v) is 10.4. The average molecular weight is 274 g/mol. The smallest absolute Gasteiger partial charge is 0.307 e. The molecule has 0 amide bonds. The van der Waals surface area contributed by atoms with Crippen molar-refractivity contribution in [3.8, 4) is 0 Å². The van der Waals surface area contributed by atoms with Crippen LogP contribution in [0.3, 0.4) is 0 Å². The van der Waals surface area contributed by atoms with E-state index in [4.69, 9.17) is 5.11 Å². The van der Waals surface area contributed by atoms with Crippen LogP contribution in [0.2, 0.25) is 0 Å². The molecule has 102 valence electrons. The molecule has 1 N–H and O–H groups in total. The van der Waals surface area contributed by atoms with Crippen molar-refractivity contribution in [3.05, 3.63) is 64.8 Å². The zero-order valence-electron chi connectivity index (χ0n) is 10.4. The van der Waals surface area contributed by atoms with Crippen molar-refractivity contribution in [3.63, 3.8) is 0 Å². The van der Waals surface area contributed by atoms with E-state index in [1.54, 1.807) is 30.3 Å². The van der Waals surface area contributed by atoms with Crippen LogP contribution in [0.1, 0.15) is 5.56 Å². The third kappa shape index (κ3) is 3.17. The maximum Gasteiger partial charge on any atom is 0.307 e. The minimum absolute atomic E-state index is 0.102. The number of aliphatic carboxylic acids is 1. The molecule has 0 saturated carbocycles. The summed E-state index contributed by atoms with van der Waals surface area (Å²) in [5.41, 5.74) is 1.33. The van der Waals surface area contributed by atoms with Crippen LogP contribution in [0, 0.1) is 10.7 Å². The fourth-order valence-corrected chi connectivity index (χ4v) is 1.78. The van der Waals surface area contributed by atoms with E-state index in [1.165, 1.54) is 18.2 Å².